The number of H-pyrrole nitrogens is 1. The minimum Gasteiger partial charge on any atom is -0.397 e. The molecule has 0 unspecified atom stereocenters. The van der Waals surface area contributed by atoms with Crippen LogP contribution in [0.2, 0.25) is 0 Å². The zero-order valence-corrected chi connectivity index (χ0v) is 26.7. The van der Waals surface area contributed by atoms with Crippen molar-refractivity contribution in [2.75, 3.05) is 67.7 Å². The SMILES string of the molecule is CN1CCN(c2ccc(C(=O)Nc3n[nH]c4cc(-c5cncc(N)c5)c(Cc5cc(F)cc(F)c5)cc34)c(NC3CCOCC3)c2)CC1. The minimum atomic E-state index is -0.654. The van der Waals surface area contributed by atoms with Gasteiger partial charge in [0.25, 0.3) is 5.91 Å². The van der Waals surface area contributed by atoms with Gasteiger partial charge in [-0.3, -0.25) is 14.9 Å². The van der Waals surface area contributed by atoms with E-state index in [1.807, 2.05) is 24.3 Å². The van der Waals surface area contributed by atoms with Crippen molar-refractivity contribution >= 4 is 39.7 Å². The molecule has 10 nitrogen and oxygen atoms in total. The highest BCUT2D eigenvalue weighted by atomic mass is 19.1. The van der Waals surface area contributed by atoms with Crippen molar-refractivity contribution in [1.29, 1.82) is 0 Å². The van der Waals surface area contributed by atoms with Crippen LogP contribution in [-0.4, -0.2) is 78.5 Å². The highest BCUT2D eigenvalue weighted by Crippen LogP contribution is 2.34. The summed E-state index contributed by atoms with van der Waals surface area (Å²) in [6.45, 7) is 5.13. The summed E-state index contributed by atoms with van der Waals surface area (Å²) in [6.07, 6.45) is 5.17. The Kier molecular flexibility index (Phi) is 8.92. The first-order valence-electron chi connectivity index (χ1n) is 16.2. The van der Waals surface area contributed by atoms with Crippen molar-refractivity contribution in [2.45, 2.75) is 25.3 Å². The molecule has 2 aliphatic heterocycles. The summed E-state index contributed by atoms with van der Waals surface area (Å²) in [5, 5.41) is 14.8. The first-order valence-corrected chi connectivity index (χ1v) is 16.2. The van der Waals surface area contributed by atoms with Gasteiger partial charge in [0, 0.05) is 86.2 Å². The largest absolute Gasteiger partial charge is 0.397 e. The number of amides is 1. The number of hydrogen-bond donors (Lipinski definition) is 4. The van der Waals surface area contributed by atoms with E-state index in [9.17, 15) is 13.6 Å². The average Bonchev–Trinajstić information content (AvgIpc) is 3.45. The Morgan fingerprint density at radius 2 is 1.77 bits per heavy atom. The minimum absolute atomic E-state index is 0.189. The van der Waals surface area contributed by atoms with E-state index in [2.05, 4.69) is 48.7 Å². The van der Waals surface area contributed by atoms with Gasteiger partial charge in [-0.15, -0.1) is 0 Å². The summed E-state index contributed by atoms with van der Waals surface area (Å²) in [4.78, 5) is 22.9. The van der Waals surface area contributed by atoms with Crippen LogP contribution in [0.3, 0.4) is 0 Å². The lowest BCUT2D eigenvalue weighted by Gasteiger charge is -2.34. The van der Waals surface area contributed by atoms with Gasteiger partial charge in [-0.25, -0.2) is 8.78 Å². The van der Waals surface area contributed by atoms with Crippen molar-refractivity contribution in [2.24, 2.45) is 0 Å². The number of nitrogen functional groups attached to an aromatic ring is 1. The third kappa shape index (κ3) is 6.95. The van der Waals surface area contributed by atoms with Crippen LogP contribution in [0.5, 0.6) is 0 Å². The Bertz CT molecular complexity index is 1930. The number of ether oxygens (including phenoxy) is 1. The van der Waals surface area contributed by atoms with Crippen molar-refractivity contribution in [3.8, 4) is 11.1 Å². The lowest BCUT2D eigenvalue weighted by molar-refractivity contribution is 0.0904. The number of carbonyl (C=O) groups excluding carboxylic acids is 1. The number of rotatable bonds is 8. The number of carbonyl (C=O) groups is 1. The van der Waals surface area contributed by atoms with E-state index in [1.165, 1.54) is 12.1 Å². The van der Waals surface area contributed by atoms with Crippen molar-refractivity contribution < 1.29 is 18.3 Å². The van der Waals surface area contributed by atoms with Crippen LogP contribution in [0, 0.1) is 11.6 Å². The monoisotopic (exact) mass is 652 g/mol. The van der Waals surface area contributed by atoms with Crippen LogP contribution in [0.25, 0.3) is 22.0 Å². The molecule has 0 atom stereocenters. The first kappa shape index (κ1) is 31.5. The summed E-state index contributed by atoms with van der Waals surface area (Å²) in [5.74, 6) is -1.27. The fraction of sp³-hybridized carbons (Fsp3) is 0.306. The Labute approximate surface area is 277 Å². The summed E-state index contributed by atoms with van der Waals surface area (Å²) < 4.78 is 33.9. The number of aromatic amines is 1. The van der Waals surface area contributed by atoms with Gasteiger partial charge in [0.1, 0.15) is 11.6 Å². The topological polar surface area (TPSA) is 124 Å². The molecule has 3 aromatic carbocycles. The maximum atomic E-state index is 14.2. The Hall–Kier alpha value is -5.07. The van der Waals surface area contributed by atoms with Crippen molar-refractivity contribution in [3.63, 3.8) is 0 Å². The molecule has 0 aliphatic carbocycles. The second-order valence-corrected chi connectivity index (χ2v) is 12.6. The molecular weight excluding hydrogens is 614 g/mol. The number of nitrogens with two attached hydrogens (primary N) is 1. The van der Waals surface area contributed by atoms with E-state index in [0.29, 0.717) is 46.7 Å². The van der Waals surface area contributed by atoms with Gasteiger partial charge in [0.05, 0.1) is 16.8 Å². The number of anilines is 4. The lowest BCUT2D eigenvalue weighted by Crippen LogP contribution is -2.44. The summed E-state index contributed by atoms with van der Waals surface area (Å²) in [6, 6.07) is 15.2. The highest BCUT2D eigenvalue weighted by molar-refractivity contribution is 6.11. The number of benzene rings is 3. The quantitative estimate of drug-likeness (QED) is 0.169. The van der Waals surface area contributed by atoms with Crippen LogP contribution in [0.15, 0.2) is 67.0 Å². The van der Waals surface area contributed by atoms with E-state index in [0.717, 1.165) is 73.2 Å². The van der Waals surface area contributed by atoms with E-state index in [4.69, 9.17) is 10.5 Å². The third-order valence-corrected chi connectivity index (χ3v) is 9.10. The molecule has 4 heterocycles. The molecule has 5 aromatic rings. The smallest absolute Gasteiger partial charge is 0.258 e. The van der Waals surface area contributed by atoms with Gasteiger partial charge in [0.2, 0.25) is 0 Å². The molecule has 12 heteroatoms. The lowest BCUT2D eigenvalue weighted by atomic mass is 9.94. The van der Waals surface area contributed by atoms with Gasteiger partial charge < -0.3 is 30.9 Å². The standard InChI is InChI=1S/C36H38F2N8O2/c1-45-6-8-46(9-7-45)29-2-3-30(33(18-29)41-28-4-10-48-11-5-28)36(47)42-35-32-16-23(12-22-13-25(37)17-26(38)14-22)31(19-34(32)43-44-35)24-15-27(39)21-40-20-24/h2-3,13-21,28,41H,4-12,39H2,1H3,(H2,42,43,44,47). The maximum absolute atomic E-state index is 14.2. The molecular formula is C36H38F2N8O2. The number of nitrogens with one attached hydrogen (secondary N) is 3. The van der Waals surface area contributed by atoms with Crippen LogP contribution in [0.1, 0.15) is 34.3 Å². The fourth-order valence-corrected chi connectivity index (χ4v) is 6.51. The predicted octanol–water partition coefficient (Wildman–Crippen LogP) is 5.67. The van der Waals surface area contributed by atoms with Crippen LogP contribution in [-0.2, 0) is 11.2 Å². The number of nitrogens with zero attached hydrogens (tertiary/aromatic N) is 4. The zero-order chi connectivity index (χ0) is 33.2. The molecule has 2 fully saturated rings. The zero-order valence-electron chi connectivity index (χ0n) is 26.7. The number of piperazine rings is 1. The molecule has 2 saturated heterocycles. The number of likely N-dealkylation sites (N-methyl/N-ethyl adjacent to an activating group) is 1. The summed E-state index contributed by atoms with van der Waals surface area (Å²) >= 11 is 0. The van der Waals surface area contributed by atoms with Crippen LogP contribution < -0.4 is 21.3 Å². The number of hydrogen-bond acceptors (Lipinski definition) is 8. The Morgan fingerprint density at radius 1 is 1.00 bits per heavy atom. The molecule has 0 bridgehead atoms. The summed E-state index contributed by atoms with van der Waals surface area (Å²) in [7, 11) is 2.13. The molecule has 1 amide bonds. The normalized spacial score (nSPS) is 15.9. The van der Waals surface area contributed by atoms with E-state index in [-0.39, 0.29) is 18.4 Å². The van der Waals surface area contributed by atoms with Crippen molar-refractivity contribution in [3.05, 3.63) is 95.3 Å². The average molecular weight is 653 g/mol. The predicted molar refractivity (Wildman–Crippen MR) is 184 cm³/mol. The third-order valence-electron chi connectivity index (χ3n) is 9.10. The molecule has 7 rings (SSSR count). The Morgan fingerprint density at radius 3 is 2.52 bits per heavy atom. The molecule has 0 radical (unpaired) electrons. The van der Waals surface area contributed by atoms with Gasteiger partial charge >= 0.3 is 0 Å². The second-order valence-electron chi connectivity index (χ2n) is 12.6. The number of fused-ring (bicyclic) bond motifs is 1. The van der Waals surface area contributed by atoms with Gasteiger partial charge in [-0.2, -0.15) is 5.10 Å². The van der Waals surface area contributed by atoms with Crippen molar-refractivity contribution in [1.82, 2.24) is 20.1 Å². The molecule has 48 heavy (non-hydrogen) atoms. The van der Waals surface area contributed by atoms with E-state index >= 15 is 0 Å². The van der Waals surface area contributed by atoms with E-state index < -0.39 is 11.6 Å². The molecule has 248 valence electrons. The van der Waals surface area contributed by atoms with Gasteiger partial charge in [-0.05, 0) is 91.5 Å². The number of aromatic nitrogens is 3. The highest BCUT2D eigenvalue weighted by Gasteiger charge is 2.23. The maximum Gasteiger partial charge on any atom is 0.258 e. The Balaban J connectivity index is 1.23. The number of pyridine rings is 1. The molecule has 2 aromatic heterocycles. The molecule has 0 spiro atoms. The van der Waals surface area contributed by atoms with E-state index in [1.54, 1.807) is 18.5 Å². The molecule has 5 N–H and O–H groups in total. The van der Waals surface area contributed by atoms with Gasteiger partial charge in [0.15, 0.2) is 5.82 Å². The second kappa shape index (κ2) is 13.6. The van der Waals surface area contributed by atoms with Crippen LogP contribution in [0.4, 0.5) is 31.7 Å². The first-order chi connectivity index (χ1) is 23.3. The van der Waals surface area contributed by atoms with Crippen LogP contribution >= 0.6 is 0 Å². The summed E-state index contributed by atoms with van der Waals surface area (Å²) in [5.41, 5.74) is 12.3. The van der Waals surface area contributed by atoms with Gasteiger partial charge in [-0.1, -0.05) is 0 Å². The fourth-order valence-electron chi connectivity index (χ4n) is 6.51. The molecule has 0 saturated carbocycles. The number of halogens is 2. The molecule has 2 aliphatic rings.